The second-order valence-corrected chi connectivity index (χ2v) is 3.83. The number of carbonyl (C=O) groups is 1. The minimum atomic E-state index is -0.249. The third kappa shape index (κ3) is 4.92. The lowest BCUT2D eigenvalue weighted by atomic mass is 10.4. The van der Waals surface area contributed by atoms with Gasteiger partial charge in [0.05, 0.1) is 25.5 Å². The van der Waals surface area contributed by atoms with Crippen LogP contribution in [0, 0.1) is 0 Å². The minimum Gasteiger partial charge on any atom is -0.377 e. The molecule has 0 unspecified atom stereocenters. The van der Waals surface area contributed by atoms with E-state index in [2.05, 4.69) is 15.6 Å². The molecule has 1 aromatic heterocycles. The Labute approximate surface area is 100 Å². The molecular weight excluding hydrogens is 222 g/mol. The van der Waals surface area contributed by atoms with Gasteiger partial charge in [0.15, 0.2) is 5.69 Å². The summed E-state index contributed by atoms with van der Waals surface area (Å²) < 4.78 is 6.84. The molecule has 0 saturated heterocycles. The summed E-state index contributed by atoms with van der Waals surface area (Å²) in [6, 6.07) is 0. The average Bonchev–Trinajstić information content (AvgIpc) is 2.73. The summed E-state index contributed by atoms with van der Waals surface area (Å²) in [6.07, 6.45) is 1.74. The van der Waals surface area contributed by atoms with E-state index in [9.17, 15) is 4.79 Å². The van der Waals surface area contributed by atoms with Gasteiger partial charge in [-0.2, -0.15) is 0 Å². The minimum absolute atomic E-state index is 0.164. The van der Waals surface area contributed by atoms with E-state index in [1.165, 1.54) is 0 Å². The van der Waals surface area contributed by atoms with Gasteiger partial charge >= 0.3 is 0 Å². The maximum absolute atomic E-state index is 11.6. The summed E-state index contributed by atoms with van der Waals surface area (Å²) in [7, 11) is 0. The van der Waals surface area contributed by atoms with E-state index in [1.54, 1.807) is 10.9 Å². The van der Waals surface area contributed by atoms with E-state index in [0.717, 1.165) is 0 Å². The lowest BCUT2D eigenvalue weighted by Crippen LogP contribution is -2.28. The van der Waals surface area contributed by atoms with Crippen molar-refractivity contribution in [2.24, 2.45) is 5.73 Å². The third-order valence-corrected chi connectivity index (χ3v) is 1.97. The summed E-state index contributed by atoms with van der Waals surface area (Å²) in [5.41, 5.74) is 5.66. The lowest BCUT2D eigenvalue weighted by Gasteiger charge is -2.07. The van der Waals surface area contributed by atoms with Gasteiger partial charge in [-0.05, 0) is 13.8 Å². The van der Waals surface area contributed by atoms with Gasteiger partial charge in [-0.15, -0.1) is 5.10 Å². The Hall–Kier alpha value is -1.47. The molecule has 0 aromatic carbocycles. The molecule has 0 radical (unpaired) electrons. The predicted molar refractivity (Wildman–Crippen MR) is 62.5 cm³/mol. The van der Waals surface area contributed by atoms with Crippen LogP contribution in [0.2, 0.25) is 0 Å². The number of carbonyl (C=O) groups excluding carboxylic acids is 1. The van der Waals surface area contributed by atoms with Crippen LogP contribution in [0.1, 0.15) is 24.3 Å². The smallest absolute Gasteiger partial charge is 0.273 e. The van der Waals surface area contributed by atoms with Gasteiger partial charge in [0.1, 0.15) is 0 Å². The van der Waals surface area contributed by atoms with Crippen molar-refractivity contribution >= 4 is 5.91 Å². The van der Waals surface area contributed by atoms with Crippen molar-refractivity contribution in [1.82, 2.24) is 20.3 Å². The second kappa shape index (κ2) is 6.97. The van der Waals surface area contributed by atoms with Crippen LogP contribution in [0.4, 0.5) is 0 Å². The first-order valence-electron chi connectivity index (χ1n) is 5.63. The molecule has 3 N–H and O–H groups in total. The number of amides is 1. The van der Waals surface area contributed by atoms with Gasteiger partial charge in [-0.1, -0.05) is 5.21 Å². The fourth-order valence-corrected chi connectivity index (χ4v) is 1.19. The monoisotopic (exact) mass is 241 g/mol. The van der Waals surface area contributed by atoms with Crippen LogP contribution in [-0.4, -0.2) is 46.7 Å². The Kier molecular flexibility index (Phi) is 5.58. The van der Waals surface area contributed by atoms with E-state index in [1.807, 2.05) is 13.8 Å². The standard InChI is InChI=1S/C10H19N5O2/c1-8(2)17-6-4-12-10(16)9-7-15(5-3-11)14-13-9/h7-8H,3-6,11H2,1-2H3,(H,12,16). The first-order chi connectivity index (χ1) is 8.13. The van der Waals surface area contributed by atoms with E-state index in [0.29, 0.717) is 31.9 Å². The maximum Gasteiger partial charge on any atom is 0.273 e. The molecule has 7 nitrogen and oxygen atoms in total. The van der Waals surface area contributed by atoms with Crippen molar-refractivity contribution in [3.05, 3.63) is 11.9 Å². The first kappa shape index (κ1) is 13.6. The maximum atomic E-state index is 11.6. The fourth-order valence-electron chi connectivity index (χ4n) is 1.19. The van der Waals surface area contributed by atoms with Crippen molar-refractivity contribution in [3.63, 3.8) is 0 Å². The van der Waals surface area contributed by atoms with Crippen molar-refractivity contribution < 1.29 is 9.53 Å². The second-order valence-electron chi connectivity index (χ2n) is 3.83. The molecule has 0 fully saturated rings. The number of hydrogen-bond acceptors (Lipinski definition) is 5. The van der Waals surface area contributed by atoms with Gasteiger partial charge in [-0.3, -0.25) is 9.48 Å². The molecule has 0 spiro atoms. The van der Waals surface area contributed by atoms with E-state index in [4.69, 9.17) is 10.5 Å². The van der Waals surface area contributed by atoms with E-state index >= 15 is 0 Å². The van der Waals surface area contributed by atoms with Crippen molar-refractivity contribution in [2.75, 3.05) is 19.7 Å². The topological polar surface area (TPSA) is 95.1 Å². The summed E-state index contributed by atoms with van der Waals surface area (Å²) in [5.74, 6) is -0.249. The fraction of sp³-hybridized carbons (Fsp3) is 0.700. The zero-order valence-electron chi connectivity index (χ0n) is 10.2. The highest BCUT2D eigenvalue weighted by molar-refractivity contribution is 5.91. The van der Waals surface area contributed by atoms with Crippen LogP contribution >= 0.6 is 0 Å². The van der Waals surface area contributed by atoms with Crippen molar-refractivity contribution in [3.8, 4) is 0 Å². The number of rotatable bonds is 7. The number of nitrogens with one attached hydrogen (secondary N) is 1. The van der Waals surface area contributed by atoms with Crippen LogP contribution in [-0.2, 0) is 11.3 Å². The average molecular weight is 241 g/mol. The zero-order valence-corrected chi connectivity index (χ0v) is 10.2. The highest BCUT2D eigenvalue weighted by Gasteiger charge is 2.09. The molecule has 0 aliphatic rings. The van der Waals surface area contributed by atoms with Gasteiger partial charge in [-0.25, -0.2) is 0 Å². The molecule has 0 atom stereocenters. The molecule has 17 heavy (non-hydrogen) atoms. The third-order valence-electron chi connectivity index (χ3n) is 1.97. The summed E-state index contributed by atoms with van der Waals surface area (Å²) in [4.78, 5) is 11.6. The normalized spacial score (nSPS) is 10.8. The molecule has 0 bridgehead atoms. The molecule has 1 amide bonds. The number of aromatic nitrogens is 3. The Morgan fingerprint density at radius 2 is 2.41 bits per heavy atom. The SMILES string of the molecule is CC(C)OCCNC(=O)c1cn(CCN)nn1. The Morgan fingerprint density at radius 1 is 1.65 bits per heavy atom. The Balaban J connectivity index is 2.31. The molecule has 7 heteroatoms. The van der Waals surface area contributed by atoms with Crippen molar-refractivity contribution in [2.45, 2.75) is 26.5 Å². The highest BCUT2D eigenvalue weighted by Crippen LogP contribution is 1.92. The summed E-state index contributed by atoms with van der Waals surface area (Å²) in [6.45, 7) is 5.85. The molecule has 1 aromatic rings. The highest BCUT2D eigenvalue weighted by atomic mass is 16.5. The number of nitrogens with two attached hydrogens (primary N) is 1. The number of hydrogen-bond donors (Lipinski definition) is 2. The van der Waals surface area contributed by atoms with Crippen molar-refractivity contribution in [1.29, 1.82) is 0 Å². The molecule has 0 saturated carbocycles. The Morgan fingerprint density at radius 3 is 3.06 bits per heavy atom. The first-order valence-corrected chi connectivity index (χ1v) is 5.63. The molecule has 0 aliphatic heterocycles. The predicted octanol–water partition coefficient (Wildman–Crippen LogP) is -0.608. The zero-order chi connectivity index (χ0) is 12.7. The van der Waals surface area contributed by atoms with Crippen LogP contribution in [0.5, 0.6) is 0 Å². The van der Waals surface area contributed by atoms with Gasteiger partial charge < -0.3 is 15.8 Å². The number of nitrogens with zero attached hydrogens (tertiary/aromatic N) is 3. The number of ether oxygens (including phenoxy) is 1. The van der Waals surface area contributed by atoms with Crippen LogP contribution in [0.25, 0.3) is 0 Å². The largest absolute Gasteiger partial charge is 0.377 e. The van der Waals surface area contributed by atoms with Gasteiger partial charge in [0, 0.05) is 13.1 Å². The Bertz CT molecular complexity index is 350. The molecular formula is C10H19N5O2. The summed E-state index contributed by atoms with van der Waals surface area (Å²) >= 11 is 0. The lowest BCUT2D eigenvalue weighted by molar-refractivity contribution is 0.0745. The molecule has 1 heterocycles. The van der Waals surface area contributed by atoms with Crippen LogP contribution < -0.4 is 11.1 Å². The molecule has 1 rings (SSSR count). The van der Waals surface area contributed by atoms with Crippen LogP contribution in [0.15, 0.2) is 6.20 Å². The molecule has 96 valence electrons. The molecule has 0 aliphatic carbocycles. The van der Waals surface area contributed by atoms with Gasteiger partial charge in [0.25, 0.3) is 5.91 Å². The van der Waals surface area contributed by atoms with E-state index < -0.39 is 0 Å². The van der Waals surface area contributed by atoms with Crippen LogP contribution in [0.3, 0.4) is 0 Å². The van der Waals surface area contributed by atoms with E-state index in [-0.39, 0.29) is 12.0 Å². The van der Waals surface area contributed by atoms with Gasteiger partial charge in [0.2, 0.25) is 0 Å². The summed E-state index contributed by atoms with van der Waals surface area (Å²) in [5, 5.41) is 10.2. The quantitative estimate of drug-likeness (QED) is 0.621.